The van der Waals surface area contributed by atoms with E-state index in [0.29, 0.717) is 12.0 Å². The lowest BCUT2D eigenvalue weighted by molar-refractivity contribution is 0.372. The zero-order chi connectivity index (χ0) is 14.8. The Hall–Kier alpha value is -1.55. The summed E-state index contributed by atoms with van der Waals surface area (Å²) in [7, 11) is 1.48. The van der Waals surface area contributed by atoms with Crippen LogP contribution in [0.2, 0.25) is 0 Å². The van der Waals surface area contributed by atoms with E-state index in [2.05, 4.69) is 45.5 Å². The number of hydrogen-bond donors (Lipinski definition) is 1. The minimum Gasteiger partial charge on any atom is -0.494 e. The van der Waals surface area contributed by atoms with Crippen LogP contribution in [0, 0.1) is 5.82 Å². The van der Waals surface area contributed by atoms with Crippen LogP contribution in [0.1, 0.15) is 24.3 Å². The molecule has 1 N–H and O–H groups in total. The molecule has 2 aromatic rings. The summed E-state index contributed by atoms with van der Waals surface area (Å²) in [6, 6.07) is 13.9. The van der Waals surface area contributed by atoms with Gasteiger partial charge in [0.15, 0.2) is 11.6 Å². The Balaban J connectivity index is 1.58. The number of halogens is 2. The molecule has 110 valence electrons. The van der Waals surface area contributed by atoms with Gasteiger partial charge in [0.2, 0.25) is 0 Å². The predicted molar refractivity (Wildman–Crippen MR) is 86.5 cm³/mol. The van der Waals surface area contributed by atoms with Gasteiger partial charge in [-0.05, 0) is 48.6 Å². The lowest BCUT2D eigenvalue weighted by Crippen LogP contribution is -2.33. The van der Waals surface area contributed by atoms with Gasteiger partial charge in [0.1, 0.15) is 0 Å². The van der Waals surface area contributed by atoms with Gasteiger partial charge in [0.25, 0.3) is 0 Å². The van der Waals surface area contributed by atoms with Crippen LogP contribution in [-0.4, -0.2) is 13.2 Å². The third-order valence-corrected chi connectivity index (χ3v) is 4.53. The molecule has 2 nitrogen and oxygen atoms in total. The molecule has 0 saturated heterocycles. The van der Waals surface area contributed by atoms with Gasteiger partial charge in [-0.3, -0.25) is 0 Å². The molecule has 0 bridgehead atoms. The van der Waals surface area contributed by atoms with Gasteiger partial charge in [-0.2, -0.15) is 0 Å². The minimum absolute atomic E-state index is 0.281. The number of benzene rings is 2. The third-order valence-electron chi connectivity index (χ3n) is 4.00. The van der Waals surface area contributed by atoms with E-state index in [-0.39, 0.29) is 11.6 Å². The number of hydrogen-bond acceptors (Lipinski definition) is 2. The van der Waals surface area contributed by atoms with Crippen molar-refractivity contribution in [1.82, 2.24) is 0 Å². The van der Waals surface area contributed by atoms with Crippen molar-refractivity contribution in [3.63, 3.8) is 0 Å². The predicted octanol–water partition coefficient (Wildman–Crippen LogP) is 4.95. The highest BCUT2D eigenvalue weighted by Gasteiger charge is 2.30. The van der Waals surface area contributed by atoms with E-state index < -0.39 is 0 Å². The summed E-state index contributed by atoms with van der Waals surface area (Å²) in [5, 5.41) is 3.44. The summed E-state index contributed by atoms with van der Waals surface area (Å²) < 4.78 is 19.5. The SMILES string of the molecule is COc1cc(NC2CC(c3ccc(Br)cc3)C2)ccc1F. The number of rotatable bonds is 4. The largest absolute Gasteiger partial charge is 0.494 e. The highest BCUT2D eigenvalue weighted by atomic mass is 79.9. The molecule has 3 rings (SSSR count). The summed E-state index contributed by atoms with van der Waals surface area (Å²) in [4.78, 5) is 0. The Kier molecular flexibility index (Phi) is 4.15. The van der Waals surface area contributed by atoms with Crippen LogP contribution in [0.25, 0.3) is 0 Å². The first kappa shape index (κ1) is 14.4. The normalized spacial score (nSPS) is 20.7. The van der Waals surface area contributed by atoms with Crippen molar-refractivity contribution in [2.45, 2.75) is 24.8 Å². The number of nitrogens with one attached hydrogen (secondary N) is 1. The molecule has 0 radical (unpaired) electrons. The first-order chi connectivity index (χ1) is 10.2. The molecule has 1 fully saturated rings. The van der Waals surface area contributed by atoms with Crippen LogP contribution in [0.5, 0.6) is 5.75 Å². The highest BCUT2D eigenvalue weighted by Crippen LogP contribution is 2.39. The van der Waals surface area contributed by atoms with Gasteiger partial charge >= 0.3 is 0 Å². The summed E-state index contributed by atoms with van der Waals surface area (Å²) in [5.41, 5.74) is 2.29. The Morgan fingerprint density at radius 1 is 1.14 bits per heavy atom. The van der Waals surface area contributed by atoms with Crippen molar-refractivity contribution < 1.29 is 9.13 Å². The van der Waals surface area contributed by atoms with Crippen LogP contribution in [0.3, 0.4) is 0 Å². The Bertz CT molecular complexity index is 623. The van der Waals surface area contributed by atoms with E-state index in [9.17, 15) is 4.39 Å². The number of ether oxygens (including phenoxy) is 1. The second kappa shape index (κ2) is 6.06. The summed E-state index contributed by atoms with van der Waals surface area (Å²) in [5.74, 6) is 0.561. The maximum Gasteiger partial charge on any atom is 0.165 e. The molecular formula is C17H17BrFNO. The van der Waals surface area contributed by atoms with Crippen molar-refractivity contribution in [3.05, 3.63) is 58.3 Å². The molecule has 0 atom stereocenters. The van der Waals surface area contributed by atoms with Crippen LogP contribution < -0.4 is 10.1 Å². The fourth-order valence-corrected chi connectivity index (χ4v) is 2.99. The molecule has 0 aliphatic heterocycles. The quantitative estimate of drug-likeness (QED) is 0.842. The lowest BCUT2D eigenvalue weighted by atomic mass is 9.76. The van der Waals surface area contributed by atoms with Gasteiger partial charge < -0.3 is 10.1 Å². The second-order valence-electron chi connectivity index (χ2n) is 5.41. The van der Waals surface area contributed by atoms with Crippen molar-refractivity contribution >= 4 is 21.6 Å². The zero-order valence-electron chi connectivity index (χ0n) is 11.8. The van der Waals surface area contributed by atoms with E-state index in [1.165, 1.54) is 18.7 Å². The molecular weight excluding hydrogens is 333 g/mol. The molecule has 0 aromatic heterocycles. The molecule has 2 aromatic carbocycles. The molecule has 4 heteroatoms. The molecule has 0 amide bonds. The van der Waals surface area contributed by atoms with Crippen molar-refractivity contribution in [2.75, 3.05) is 12.4 Å². The first-order valence-corrected chi connectivity index (χ1v) is 7.80. The fraction of sp³-hybridized carbons (Fsp3) is 0.294. The molecule has 0 heterocycles. The highest BCUT2D eigenvalue weighted by molar-refractivity contribution is 9.10. The molecule has 0 spiro atoms. The van der Waals surface area contributed by atoms with Crippen LogP contribution in [-0.2, 0) is 0 Å². The van der Waals surface area contributed by atoms with Gasteiger partial charge in [0.05, 0.1) is 7.11 Å². The Morgan fingerprint density at radius 2 is 1.86 bits per heavy atom. The number of methoxy groups -OCH3 is 1. The van der Waals surface area contributed by atoms with E-state index in [1.54, 1.807) is 12.1 Å². The number of anilines is 1. The minimum atomic E-state index is -0.329. The van der Waals surface area contributed by atoms with Crippen molar-refractivity contribution in [2.24, 2.45) is 0 Å². The average Bonchev–Trinajstić information content (AvgIpc) is 2.45. The summed E-state index contributed by atoms with van der Waals surface area (Å²) in [6.07, 6.45) is 2.20. The van der Waals surface area contributed by atoms with E-state index in [4.69, 9.17) is 4.74 Å². The second-order valence-corrected chi connectivity index (χ2v) is 6.33. The molecule has 1 aliphatic rings. The maximum atomic E-state index is 13.4. The van der Waals surface area contributed by atoms with Gasteiger partial charge in [-0.15, -0.1) is 0 Å². The van der Waals surface area contributed by atoms with Crippen LogP contribution >= 0.6 is 15.9 Å². The lowest BCUT2D eigenvalue weighted by Gasteiger charge is -2.37. The van der Waals surface area contributed by atoms with Gasteiger partial charge in [-0.1, -0.05) is 28.1 Å². The molecule has 0 unspecified atom stereocenters. The monoisotopic (exact) mass is 349 g/mol. The fourth-order valence-electron chi connectivity index (χ4n) is 2.73. The van der Waals surface area contributed by atoms with Crippen molar-refractivity contribution in [3.8, 4) is 5.75 Å². The Morgan fingerprint density at radius 3 is 2.52 bits per heavy atom. The van der Waals surface area contributed by atoms with Crippen LogP contribution in [0.4, 0.5) is 10.1 Å². The molecule has 21 heavy (non-hydrogen) atoms. The topological polar surface area (TPSA) is 21.3 Å². The van der Waals surface area contributed by atoms with Crippen molar-refractivity contribution in [1.29, 1.82) is 0 Å². The summed E-state index contributed by atoms with van der Waals surface area (Å²) >= 11 is 3.46. The smallest absolute Gasteiger partial charge is 0.165 e. The van der Waals surface area contributed by atoms with Gasteiger partial charge in [0, 0.05) is 22.3 Å². The Labute approximate surface area is 132 Å². The first-order valence-electron chi connectivity index (χ1n) is 7.01. The van der Waals surface area contributed by atoms with E-state index in [1.807, 2.05) is 0 Å². The molecule has 1 aliphatic carbocycles. The standard InChI is InChI=1S/C17H17BrFNO/c1-21-17-10-14(6-7-16(17)19)20-15-8-12(9-15)11-2-4-13(18)5-3-11/h2-7,10,12,15,20H,8-9H2,1H3. The third kappa shape index (κ3) is 3.21. The summed E-state index contributed by atoms with van der Waals surface area (Å²) in [6.45, 7) is 0. The zero-order valence-corrected chi connectivity index (χ0v) is 13.4. The van der Waals surface area contributed by atoms with E-state index >= 15 is 0 Å². The molecule has 1 saturated carbocycles. The maximum absolute atomic E-state index is 13.4. The van der Waals surface area contributed by atoms with Gasteiger partial charge in [-0.25, -0.2) is 4.39 Å². The average molecular weight is 350 g/mol. The van der Waals surface area contributed by atoms with Crippen LogP contribution in [0.15, 0.2) is 46.9 Å². The van der Waals surface area contributed by atoms with E-state index in [0.717, 1.165) is 23.0 Å².